The molecule has 0 saturated heterocycles. The zero-order valence-corrected chi connectivity index (χ0v) is 14.4. The molecule has 0 aliphatic rings. The van der Waals surface area contributed by atoms with Crippen molar-refractivity contribution in [3.63, 3.8) is 0 Å². The van der Waals surface area contributed by atoms with Crippen LogP contribution in [0, 0.1) is 13.8 Å². The summed E-state index contributed by atoms with van der Waals surface area (Å²) in [6.07, 6.45) is 5.56. The van der Waals surface area contributed by atoms with Crippen molar-refractivity contribution < 1.29 is 4.79 Å². The Balaban J connectivity index is 1.58. The molecule has 3 aromatic heterocycles. The van der Waals surface area contributed by atoms with Crippen LogP contribution in [0.2, 0.25) is 0 Å². The number of aromatic nitrogens is 4. The standard InChI is InChI=1S/C19H19N5O/c1-12-10-24(17-6-7-20-9-16(12)17)11-19(25)21-14-4-5-15-13(2)22-23(3)18(15)8-14/h4-10H,11H2,1-3H3,(H,21,25). The highest BCUT2D eigenvalue weighted by molar-refractivity contribution is 5.95. The molecule has 126 valence electrons. The minimum Gasteiger partial charge on any atom is -0.338 e. The fraction of sp³-hybridized carbons (Fsp3) is 0.211. The van der Waals surface area contributed by atoms with Crippen LogP contribution >= 0.6 is 0 Å². The van der Waals surface area contributed by atoms with Crippen LogP contribution in [0.3, 0.4) is 0 Å². The summed E-state index contributed by atoms with van der Waals surface area (Å²) in [5.41, 5.74) is 4.89. The van der Waals surface area contributed by atoms with Crippen LogP contribution in [0.5, 0.6) is 0 Å². The van der Waals surface area contributed by atoms with E-state index >= 15 is 0 Å². The number of anilines is 1. The van der Waals surface area contributed by atoms with E-state index in [4.69, 9.17) is 0 Å². The highest BCUT2D eigenvalue weighted by atomic mass is 16.1. The van der Waals surface area contributed by atoms with Gasteiger partial charge in [-0.15, -0.1) is 0 Å². The molecule has 0 fully saturated rings. The number of aryl methyl sites for hydroxylation is 3. The molecule has 0 radical (unpaired) electrons. The van der Waals surface area contributed by atoms with E-state index in [2.05, 4.69) is 15.4 Å². The van der Waals surface area contributed by atoms with Crippen LogP contribution in [0.25, 0.3) is 21.8 Å². The van der Waals surface area contributed by atoms with Crippen molar-refractivity contribution in [2.45, 2.75) is 20.4 Å². The third-order valence-corrected chi connectivity index (χ3v) is 4.52. The Hall–Kier alpha value is -3.15. The van der Waals surface area contributed by atoms with Gasteiger partial charge in [-0.3, -0.25) is 14.5 Å². The second kappa shape index (κ2) is 5.73. The highest BCUT2D eigenvalue weighted by Crippen LogP contribution is 2.22. The molecule has 0 saturated carbocycles. The number of nitrogens with one attached hydrogen (secondary N) is 1. The summed E-state index contributed by atoms with van der Waals surface area (Å²) in [4.78, 5) is 16.6. The summed E-state index contributed by atoms with van der Waals surface area (Å²) in [6.45, 7) is 4.27. The van der Waals surface area contributed by atoms with Crippen molar-refractivity contribution >= 4 is 33.4 Å². The molecule has 4 rings (SSSR count). The summed E-state index contributed by atoms with van der Waals surface area (Å²) in [7, 11) is 1.91. The Morgan fingerprint density at radius 3 is 2.84 bits per heavy atom. The average molecular weight is 333 g/mol. The van der Waals surface area contributed by atoms with Gasteiger partial charge < -0.3 is 9.88 Å². The van der Waals surface area contributed by atoms with Gasteiger partial charge in [0.2, 0.25) is 5.91 Å². The summed E-state index contributed by atoms with van der Waals surface area (Å²) < 4.78 is 3.78. The van der Waals surface area contributed by atoms with Crippen LogP contribution < -0.4 is 5.32 Å². The van der Waals surface area contributed by atoms with Gasteiger partial charge in [0, 0.05) is 42.1 Å². The number of carbonyl (C=O) groups excluding carboxylic acids is 1. The molecule has 1 amide bonds. The molecule has 6 heteroatoms. The second-order valence-corrected chi connectivity index (χ2v) is 6.32. The number of benzene rings is 1. The average Bonchev–Trinajstić information content (AvgIpc) is 3.05. The molecule has 1 aromatic carbocycles. The van der Waals surface area contributed by atoms with Crippen LogP contribution in [-0.4, -0.2) is 25.2 Å². The number of nitrogens with zero attached hydrogens (tertiary/aromatic N) is 4. The van der Waals surface area contributed by atoms with Crippen molar-refractivity contribution in [1.29, 1.82) is 0 Å². The summed E-state index contributed by atoms with van der Waals surface area (Å²) in [5.74, 6) is -0.0630. The van der Waals surface area contributed by atoms with E-state index in [1.54, 1.807) is 6.20 Å². The van der Waals surface area contributed by atoms with E-state index in [0.717, 1.165) is 38.8 Å². The van der Waals surface area contributed by atoms with E-state index in [1.807, 2.05) is 66.8 Å². The first-order chi connectivity index (χ1) is 12.0. The Kier molecular flexibility index (Phi) is 3.53. The lowest BCUT2D eigenvalue weighted by Gasteiger charge is -2.08. The highest BCUT2D eigenvalue weighted by Gasteiger charge is 2.11. The molecule has 0 bridgehead atoms. The first-order valence-electron chi connectivity index (χ1n) is 8.15. The number of rotatable bonds is 3. The van der Waals surface area contributed by atoms with Crippen LogP contribution in [-0.2, 0) is 18.4 Å². The van der Waals surface area contributed by atoms with Crippen LogP contribution in [0.4, 0.5) is 5.69 Å². The maximum atomic E-state index is 12.5. The van der Waals surface area contributed by atoms with Gasteiger partial charge in [0.05, 0.1) is 16.7 Å². The van der Waals surface area contributed by atoms with Gasteiger partial charge >= 0.3 is 0 Å². The zero-order valence-electron chi connectivity index (χ0n) is 14.4. The first-order valence-corrected chi connectivity index (χ1v) is 8.15. The number of fused-ring (bicyclic) bond motifs is 2. The van der Waals surface area contributed by atoms with Gasteiger partial charge in [0.25, 0.3) is 0 Å². The molecule has 3 heterocycles. The Morgan fingerprint density at radius 2 is 2.00 bits per heavy atom. The molecule has 0 aliphatic heterocycles. The Labute approximate surface area is 145 Å². The number of amides is 1. The smallest absolute Gasteiger partial charge is 0.244 e. The SMILES string of the molecule is Cc1cn(CC(=O)Nc2ccc3c(C)nn(C)c3c2)c2ccncc12. The van der Waals surface area contributed by atoms with E-state index < -0.39 is 0 Å². The lowest BCUT2D eigenvalue weighted by molar-refractivity contribution is -0.116. The monoisotopic (exact) mass is 333 g/mol. The molecule has 0 unspecified atom stereocenters. The maximum Gasteiger partial charge on any atom is 0.244 e. The summed E-state index contributed by atoms with van der Waals surface area (Å²) >= 11 is 0. The second-order valence-electron chi connectivity index (χ2n) is 6.32. The van der Waals surface area contributed by atoms with Gasteiger partial charge in [-0.1, -0.05) is 0 Å². The number of carbonyl (C=O) groups is 1. The van der Waals surface area contributed by atoms with E-state index in [9.17, 15) is 4.79 Å². The van der Waals surface area contributed by atoms with Gasteiger partial charge in [0.15, 0.2) is 0 Å². The molecule has 0 atom stereocenters. The first kappa shape index (κ1) is 15.4. The van der Waals surface area contributed by atoms with Crippen LogP contribution in [0.1, 0.15) is 11.3 Å². The van der Waals surface area contributed by atoms with Crippen molar-refractivity contribution in [2.24, 2.45) is 7.05 Å². The molecule has 1 N–H and O–H groups in total. The van der Waals surface area contributed by atoms with Gasteiger partial charge in [-0.2, -0.15) is 5.10 Å². The number of hydrogen-bond acceptors (Lipinski definition) is 3. The normalized spacial score (nSPS) is 11.3. The van der Waals surface area contributed by atoms with Crippen molar-refractivity contribution in [2.75, 3.05) is 5.32 Å². The van der Waals surface area contributed by atoms with Gasteiger partial charge in [-0.25, -0.2) is 0 Å². The Bertz CT molecular complexity index is 1110. The third-order valence-electron chi connectivity index (χ3n) is 4.52. The van der Waals surface area contributed by atoms with Crippen LogP contribution in [0.15, 0.2) is 42.9 Å². The molecular weight excluding hydrogens is 314 g/mol. The largest absolute Gasteiger partial charge is 0.338 e. The van der Waals surface area contributed by atoms with E-state index in [1.165, 1.54) is 0 Å². The minimum atomic E-state index is -0.0630. The Morgan fingerprint density at radius 1 is 1.16 bits per heavy atom. The summed E-state index contributed by atoms with van der Waals surface area (Å²) in [5, 5.41) is 9.55. The van der Waals surface area contributed by atoms with Gasteiger partial charge in [0.1, 0.15) is 6.54 Å². The zero-order chi connectivity index (χ0) is 17.6. The topological polar surface area (TPSA) is 64.7 Å². The number of hydrogen-bond donors (Lipinski definition) is 1. The van der Waals surface area contributed by atoms with Crippen molar-refractivity contribution in [3.8, 4) is 0 Å². The predicted octanol–water partition coefficient (Wildman–Crippen LogP) is 3.18. The van der Waals surface area contributed by atoms with E-state index in [-0.39, 0.29) is 12.5 Å². The fourth-order valence-corrected chi connectivity index (χ4v) is 3.32. The van der Waals surface area contributed by atoms with Gasteiger partial charge in [-0.05, 0) is 43.7 Å². The molecule has 0 aliphatic carbocycles. The summed E-state index contributed by atoms with van der Waals surface area (Å²) in [6, 6.07) is 7.79. The van der Waals surface area contributed by atoms with Crippen molar-refractivity contribution in [3.05, 3.63) is 54.1 Å². The fourth-order valence-electron chi connectivity index (χ4n) is 3.32. The third kappa shape index (κ3) is 2.65. The predicted molar refractivity (Wildman–Crippen MR) is 98.6 cm³/mol. The molecule has 0 spiro atoms. The molecule has 25 heavy (non-hydrogen) atoms. The van der Waals surface area contributed by atoms with E-state index in [0.29, 0.717) is 0 Å². The quantitative estimate of drug-likeness (QED) is 0.626. The minimum absolute atomic E-state index is 0.0630. The molecule has 6 nitrogen and oxygen atoms in total. The van der Waals surface area contributed by atoms with Crippen molar-refractivity contribution in [1.82, 2.24) is 19.3 Å². The number of pyridine rings is 1. The molecular formula is C19H19N5O. The molecule has 4 aromatic rings. The lowest BCUT2D eigenvalue weighted by atomic mass is 10.2. The maximum absolute atomic E-state index is 12.5. The lowest BCUT2D eigenvalue weighted by Crippen LogP contribution is -2.18.